The van der Waals surface area contributed by atoms with Crippen LogP contribution in [0, 0.1) is 18.2 Å². The maximum Gasteiger partial charge on any atom is 0.408 e. The number of halogens is 1. The molecule has 0 radical (unpaired) electrons. The number of carbonyl (C=O) groups excluding carboxylic acids is 6. The minimum absolute atomic E-state index is 0.187. The summed E-state index contributed by atoms with van der Waals surface area (Å²) in [6.45, 7) is 15.0. The molecule has 1 unspecified atom stereocenters. The molecule has 3 atom stereocenters. The number of aryl methyl sites for hydroxylation is 1. The number of hydrogen-bond donors (Lipinski definition) is 4. The van der Waals surface area contributed by atoms with E-state index in [1.54, 1.807) is 48.8 Å². The highest BCUT2D eigenvalue weighted by Gasteiger charge is 2.84. The van der Waals surface area contributed by atoms with Crippen LogP contribution < -0.4 is 31.1 Å². The van der Waals surface area contributed by atoms with Gasteiger partial charge in [0.1, 0.15) is 45.1 Å². The van der Waals surface area contributed by atoms with Gasteiger partial charge in [-0.2, -0.15) is 0 Å². The molecule has 4 N–H and O–H groups in total. The number of anilines is 3. The number of amides is 6. The van der Waals surface area contributed by atoms with Gasteiger partial charge in [-0.25, -0.2) is 24.1 Å². The average Bonchev–Trinajstić information content (AvgIpc) is 1.47. The van der Waals surface area contributed by atoms with Crippen molar-refractivity contribution in [3.63, 3.8) is 0 Å². The van der Waals surface area contributed by atoms with Crippen LogP contribution in [-0.4, -0.2) is 155 Å². The monoisotopic (exact) mass is 1200 g/mol. The number of imide groups is 1. The van der Waals surface area contributed by atoms with Crippen LogP contribution >= 0.6 is 11.8 Å². The van der Waals surface area contributed by atoms with Gasteiger partial charge in [0.25, 0.3) is 17.7 Å². The lowest BCUT2D eigenvalue weighted by Gasteiger charge is -2.44. The number of ether oxygens (including phenoxy) is 2. The second-order valence-electron chi connectivity index (χ2n) is 24.6. The third kappa shape index (κ3) is 11.2. The zero-order chi connectivity index (χ0) is 60.3. The zero-order valence-corrected chi connectivity index (χ0v) is 50.8. The number of carbonyl (C=O) groups is 6. The van der Waals surface area contributed by atoms with E-state index in [2.05, 4.69) is 60.1 Å². The Hall–Kier alpha value is -7.79. The van der Waals surface area contributed by atoms with Gasteiger partial charge in [-0.3, -0.25) is 34.2 Å². The van der Waals surface area contributed by atoms with Crippen LogP contribution in [0.3, 0.4) is 0 Å². The largest absolute Gasteiger partial charge is 0.444 e. The van der Waals surface area contributed by atoms with Crippen LogP contribution in [0.1, 0.15) is 126 Å². The minimum Gasteiger partial charge on any atom is -0.444 e. The van der Waals surface area contributed by atoms with Crippen molar-refractivity contribution < 1.29 is 42.6 Å². The van der Waals surface area contributed by atoms with Crippen LogP contribution in [-0.2, 0) is 32.2 Å². The molecular weight excluding hydrogens is 1130 g/mol. The molecule has 8 heterocycles. The molecule has 1 aliphatic carbocycles. The zero-order valence-electron chi connectivity index (χ0n) is 49.0. The van der Waals surface area contributed by atoms with Gasteiger partial charge in [-0.05, 0) is 153 Å². The lowest BCUT2D eigenvalue weighted by Crippen LogP contribution is -2.58. The molecule has 6 amide bonds. The van der Waals surface area contributed by atoms with Crippen LogP contribution in [0.25, 0.3) is 5.57 Å². The Balaban J connectivity index is 0.585. The molecule has 1 spiro atoms. The van der Waals surface area contributed by atoms with Crippen molar-refractivity contribution in [3.05, 3.63) is 136 Å². The van der Waals surface area contributed by atoms with Gasteiger partial charge >= 0.3 is 6.09 Å². The molecule has 6 aliphatic heterocycles. The smallest absolute Gasteiger partial charge is 0.408 e. The van der Waals surface area contributed by atoms with E-state index >= 15 is 4.39 Å². The molecule has 446 valence electrons. The number of nitrogens with one attached hydrogen (secondary N) is 4. The Morgan fingerprint density at radius 2 is 1.70 bits per heavy atom. The van der Waals surface area contributed by atoms with Crippen molar-refractivity contribution in [2.75, 3.05) is 61.0 Å². The highest BCUT2D eigenvalue weighted by molar-refractivity contribution is 7.99. The van der Waals surface area contributed by atoms with Crippen molar-refractivity contribution in [3.8, 4) is 0 Å². The molecule has 1 saturated carbocycles. The van der Waals surface area contributed by atoms with Gasteiger partial charge < -0.3 is 40.1 Å². The molecule has 22 heteroatoms. The second kappa shape index (κ2) is 23.1. The molecule has 7 aliphatic rings. The van der Waals surface area contributed by atoms with Gasteiger partial charge in [0, 0.05) is 103 Å². The van der Waals surface area contributed by atoms with E-state index < -0.39 is 46.5 Å². The topological polar surface area (TPSA) is 221 Å². The van der Waals surface area contributed by atoms with Gasteiger partial charge in [0.15, 0.2) is 0 Å². The van der Waals surface area contributed by atoms with E-state index in [-0.39, 0.29) is 57.0 Å². The Bertz CT molecular complexity index is 3690. The fraction of sp³-hybridized carbons (Fsp3) is 0.422. The highest BCUT2D eigenvalue weighted by Crippen LogP contribution is 2.66. The number of alkyl carbamates (subject to hydrolysis) is 1. The molecule has 5 fully saturated rings. The number of piperidine rings is 3. The van der Waals surface area contributed by atoms with E-state index in [9.17, 15) is 28.8 Å². The standard InChI is InChI=1S/C64H70FN11O8SSi/c1-38-46(13-14-49(69-38)56(79)68-33-39-10-12-47-42(30-39)36-76(58(47)81)51-16-17-53(77)71-57(51)80)40-18-24-73(25-19-40)44-20-26-74(27-21-44)50-15-11-41(31-48(50)65)55(78)70-43-8-7-9-45(32-43)85-54-35-66-52(34-67-54)75-28-22-63(23-29-75)37-83-62(5)59(86-6)64(62,63)72-60(82)84-61(2,3)4/h7-15,18,30-32,34-35,44,51H,6,16-17,19-29,33,36-37H2,1-5H3,(H,68,79)(H,70,78)(H,72,82)(H,71,77,80)/t51?,62-,64-/m1/s1. The van der Waals surface area contributed by atoms with Crippen molar-refractivity contribution in [2.45, 2.75) is 131 Å². The van der Waals surface area contributed by atoms with Gasteiger partial charge in [-0.15, -0.1) is 0 Å². The lowest BCUT2D eigenvalue weighted by molar-refractivity contribution is -0.136. The maximum absolute atomic E-state index is 15.9. The number of pyridine rings is 1. The first-order valence-electron chi connectivity index (χ1n) is 29.5. The lowest BCUT2D eigenvalue weighted by atomic mass is 9.71. The first kappa shape index (κ1) is 58.6. The maximum atomic E-state index is 15.9. The summed E-state index contributed by atoms with van der Waals surface area (Å²) in [7, 11) is 0.288. The van der Waals surface area contributed by atoms with Crippen molar-refractivity contribution in [1.29, 1.82) is 0 Å². The summed E-state index contributed by atoms with van der Waals surface area (Å²) in [5.74, 6) is -1.43. The Kier molecular flexibility index (Phi) is 15.8. The number of fused-ring (bicyclic) bond motifs is 3. The predicted octanol–water partition coefficient (Wildman–Crippen LogP) is 7.13. The van der Waals surface area contributed by atoms with Crippen molar-refractivity contribution in [1.82, 2.24) is 40.7 Å². The molecule has 86 heavy (non-hydrogen) atoms. The highest BCUT2D eigenvalue weighted by atomic mass is 32.2. The third-order valence-electron chi connectivity index (χ3n) is 18.3. The summed E-state index contributed by atoms with van der Waals surface area (Å²) >= 11 is 1.43. The molecule has 4 saturated heterocycles. The molecular formula is C64H70FN11O8SSi. The first-order chi connectivity index (χ1) is 41.2. The normalized spacial score (nSPS) is 22.8. The molecule has 3 aromatic carbocycles. The fourth-order valence-corrected chi connectivity index (χ4v) is 15.9. The molecule has 2 aromatic heterocycles. The number of benzene rings is 3. The summed E-state index contributed by atoms with van der Waals surface area (Å²) in [5, 5.41) is 13.3. The van der Waals surface area contributed by atoms with Crippen molar-refractivity contribution in [2.24, 2.45) is 5.41 Å². The predicted molar refractivity (Wildman–Crippen MR) is 327 cm³/mol. The van der Waals surface area contributed by atoms with Crippen LogP contribution in [0.2, 0.25) is 0 Å². The summed E-state index contributed by atoms with van der Waals surface area (Å²) in [6, 6.07) is 20.9. The van der Waals surface area contributed by atoms with Crippen LogP contribution in [0.4, 0.5) is 26.4 Å². The van der Waals surface area contributed by atoms with E-state index in [1.807, 2.05) is 58.0 Å². The summed E-state index contributed by atoms with van der Waals surface area (Å²) in [4.78, 5) is 101. The van der Waals surface area contributed by atoms with Crippen LogP contribution in [0.5, 0.6) is 0 Å². The van der Waals surface area contributed by atoms with Gasteiger partial charge in [-0.1, -0.05) is 48.3 Å². The Morgan fingerprint density at radius 3 is 2.38 bits per heavy atom. The Labute approximate surface area is 505 Å². The third-order valence-corrected chi connectivity index (χ3v) is 20.4. The van der Waals surface area contributed by atoms with E-state index in [1.165, 1.54) is 28.3 Å². The first-order valence-corrected chi connectivity index (χ1v) is 31.5. The van der Waals surface area contributed by atoms with Gasteiger partial charge in [0.2, 0.25) is 11.8 Å². The molecule has 12 rings (SSSR count). The molecule has 5 aromatic rings. The quantitative estimate of drug-likeness (QED) is 0.0681. The summed E-state index contributed by atoms with van der Waals surface area (Å²) in [6.07, 6.45) is 14.2. The Morgan fingerprint density at radius 1 is 0.907 bits per heavy atom. The van der Waals surface area contributed by atoms with Crippen molar-refractivity contribution >= 4 is 90.2 Å². The number of rotatable bonds is 13. The second-order valence-corrected chi connectivity index (χ2v) is 26.5. The SMILES string of the molecule is C=[Si]=C1[C@@]2(C)OCC3(CCN(c4cnc(Sc5cccc(NC(=O)c6ccc(N7CCC(N8CC=C(c9ccc(C(=O)NCc%10ccc%11c(c%10)CN(C%10CCC(=O)NC%10=O)C%11=O)nc9C)CC8)CC7)c(F)c6)c5)cn4)CC3)[C@@]12NC(=O)OC(C)(C)C. The average molecular weight is 1200 g/mol. The van der Waals surface area contributed by atoms with E-state index in [0.29, 0.717) is 59.8 Å². The van der Waals surface area contributed by atoms with Crippen LogP contribution in [0.15, 0.2) is 101 Å². The number of aromatic nitrogens is 3. The molecule has 19 nitrogen and oxygen atoms in total. The minimum atomic E-state index is -0.692. The number of hydrogen-bond acceptors (Lipinski definition) is 15. The molecule has 0 bridgehead atoms. The van der Waals surface area contributed by atoms with E-state index in [4.69, 9.17) is 19.4 Å². The summed E-state index contributed by atoms with van der Waals surface area (Å²) < 4.78 is 28.0. The number of nitrogens with zero attached hydrogens (tertiary/aromatic N) is 7. The fourth-order valence-electron chi connectivity index (χ4n) is 13.8. The summed E-state index contributed by atoms with van der Waals surface area (Å²) in [5.41, 5.74) is 4.57. The van der Waals surface area contributed by atoms with Gasteiger partial charge in [0.05, 0.1) is 24.7 Å². The van der Waals surface area contributed by atoms with E-state index in [0.717, 1.165) is 96.5 Å².